The predicted molar refractivity (Wildman–Crippen MR) is 135 cm³/mol. The van der Waals surface area contributed by atoms with Gasteiger partial charge in [-0.1, -0.05) is 36.4 Å². The van der Waals surface area contributed by atoms with E-state index >= 15 is 0 Å². The van der Waals surface area contributed by atoms with Crippen molar-refractivity contribution in [2.24, 2.45) is 0 Å². The van der Waals surface area contributed by atoms with Gasteiger partial charge in [-0.3, -0.25) is 0 Å². The van der Waals surface area contributed by atoms with Crippen molar-refractivity contribution in [1.29, 1.82) is 0 Å². The van der Waals surface area contributed by atoms with Crippen molar-refractivity contribution >= 4 is 17.1 Å². The minimum atomic E-state index is -0.732. The number of benzene rings is 4. The fourth-order valence-corrected chi connectivity index (χ4v) is 5.33. The molecule has 0 atom stereocenters. The van der Waals surface area contributed by atoms with Crippen LogP contribution in [-0.2, 0) is 15.6 Å². The molecule has 0 amide bonds. The molecule has 0 aromatic heterocycles. The number of carbonyl (C=O) groups excluding carboxylic acids is 1. The maximum absolute atomic E-state index is 11.8. The second kappa shape index (κ2) is 10.5. The normalized spacial score (nSPS) is 11.2. The van der Waals surface area contributed by atoms with E-state index < -0.39 is 11.8 Å². The van der Waals surface area contributed by atoms with Gasteiger partial charge in [0.15, 0.2) is 14.7 Å². The largest absolute Gasteiger partial charge is 0.514 e. The molecule has 0 aliphatic heterocycles. The number of hydrogen-bond acceptors (Lipinski definition) is 4. The number of carbonyl (C=O) groups is 1. The first-order valence-electron chi connectivity index (χ1n) is 11.0. The molecule has 0 aliphatic carbocycles. The lowest BCUT2D eigenvalue weighted by atomic mass is 10.2. The molecule has 0 saturated carbocycles. The molecule has 0 unspecified atom stereocenters. The van der Waals surface area contributed by atoms with E-state index in [1.165, 1.54) is 14.7 Å². The Kier molecular flexibility index (Phi) is 7.24. The molecule has 0 aliphatic rings. The maximum Gasteiger partial charge on any atom is 0.514 e. The van der Waals surface area contributed by atoms with Crippen LogP contribution < -0.4 is 9.47 Å². The summed E-state index contributed by atoms with van der Waals surface area (Å²) in [6.45, 7) is 5.37. The van der Waals surface area contributed by atoms with Crippen LogP contribution in [0.1, 0.15) is 20.8 Å². The Morgan fingerprint density at radius 3 is 1.47 bits per heavy atom. The lowest BCUT2D eigenvalue weighted by molar-refractivity contribution is 0.0206. The van der Waals surface area contributed by atoms with E-state index in [1.54, 1.807) is 45.0 Å². The van der Waals surface area contributed by atoms with E-state index in [9.17, 15) is 4.79 Å². The van der Waals surface area contributed by atoms with Crippen LogP contribution in [0, 0.1) is 0 Å². The molecule has 0 spiro atoms. The predicted octanol–water partition coefficient (Wildman–Crippen LogP) is 7.89. The lowest BCUT2D eigenvalue weighted by Crippen LogP contribution is -2.25. The summed E-state index contributed by atoms with van der Waals surface area (Å²) in [5.74, 6) is 1.77. The summed E-state index contributed by atoms with van der Waals surface area (Å²) >= 11 is 0. The molecule has 172 valence electrons. The Hall–Kier alpha value is -3.70. The van der Waals surface area contributed by atoms with Crippen LogP contribution in [0.25, 0.3) is 0 Å². The monoisotopic (exact) mass is 471 g/mol. The zero-order valence-corrected chi connectivity index (χ0v) is 20.3. The van der Waals surface area contributed by atoms with Crippen molar-refractivity contribution in [2.45, 2.75) is 41.1 Å². The summed E-state index contributed by atoms with van der Waals surface area (Å²) in [6, 6.07) is 36.1. The minimum absolute atomic E-state index is 0.202. The Morgan fingerprint density at radius 1 is 0.588 bits per heavy atom. The quantitative estimate of drug-likeness (QED) is 0.163. The van der Waals surface area contributed by atoms with Gasteiger partial charge in [0.25, 0.3) is 0 Å². The zero-order valence-electron chi connectivity index (χ0n) is 19.4. The van der Waals surface area contributed by atoms with Gasteiger partial charge in [0.2, 0.25) is 0 Å². The van der Waals surface area contributed by atoms with Crippen LogP contribution in [0.4, 0.5) is 4.79 Å². The van der Waals surface area contributed by atoms with E-state index in [0.29, 0.717) is 11.5 Å². The first-order valence-corrected chi connectivity index (χ1v) is 12.2. The van der Waals surface area contributed by atoms with Gasteiger partial charge in [-0.2, -0.15) is 0 Å². The number of hydrogen-bond donors (Lipinski definition) is 0. The minimum Gasteiger partial charge on any atom is -0.457 e. The summed E-state index contributed by atoms with van der Waals surface area (Å²) in [5.41, 5.74) is -0.604. The number of ether oxygens (including phenoxy) is 3. The molecule has 0 bridgehead atoms. The smallest absolute Gasteiger partial charge is 0.457 e. The SMILES string of the molecule is CC(C)(C)OC(=O)Oc1ccc(Oc2ccc([S+](c3ccccc3)c3ccccc3)cc2)cc1. The van der Waals surface area contributed by atoms with Gasteiger partial charge >= 0.3 is 6.16 Å². The Labute approximate surface area is 203 Å². The van der Waals surface area contributed by atoms with Gasteiger partial charge < -0.3 is 14.2 Å². The van der Waals surface area contributed by atoms with Crippen LogP contribution in [0.15, 0.2) is 124 Å². The molecule has 0 fully saturated rings. The highest BCUT2D eigenvalue weighted by Crippen LogP contribution is 2.33. The summed E-state index contributed by atoms with van der Waals surface area (Å²) < 4.78 is 16.4. The molecule has 0 N–H and O–H groups in total. The third-order valence-corrected chi connectivity index (χ3v) is 6.90. The number of rotatable bonds is 6. The van der Waals surface area contributed by atoms with Crippen LogP contribution in [0.5, 0.6) is 17.2 Å². The maximum atomic E-state index is 11.8. The summed E-state index contributed by atoms with van der Waals surface area (Å²) in [6.07, 6.45) is -0.732. The fourth-order valence-electron chi connectivity index (χ4n) is 3.24. The molecule has 4 nitrogen and oxygen atoms in total. The van der Waals surface area contributed by atoms with Crippen LogP contribution in [0.2, 0.25) is 0 Å². The standard InChI is InChI=1S/C29H27O4S/c1-29(2,3)33-28(30)32-24-16-14-22(15-17-24)31-23-18-20-27(21-19-23)34(25-10-6-4-7-11-25)26-12-8-5-9-13-26/h4-21H,1-3H3/q+1. The van der Waals surface area contributed by atoms with Crippen molar-refractivity contribution in [1.82, 2.24) is 0 Å². The first-order chi connectivity index (χ1) is 16.4. The Balaban J connectivity index is 1.46. The van der Waals surface area contributed by atoms with Crippen molar-refractivity contribution < 1.29 is 19.0 Å². The Morgan fingerprint density at radius 2 is 1.00 bits per heavy atom. The lowest BCUT2D eigenvalue weighted by Gasteiger charge is -2.18. The highest BCUT2D eigenvalue weighted by molar-refractivity contribution is 7.97. The highest BCUT2D eigenvalue weighted by Gasteiger charge is 2.28. The molecule has 4 rings (SSSR count). The van der Waals surface area contributed by atoms with Crippen LogP contribution >= 0.6 is 0 Å². The van der Waals surface area contributed by atoms with E-state index in [-0.39, 0.29) is 10.9 Å². The molecule has 4 aromatic rings. The van der Waals surface area contributed by atoms with Gasteiger partial charge in [0.1, 0.15) is 22.8 Å². The summed E-state index contributed by atoms with van der Waals surface area (Å²) in [4.78, 5) is 15.6. The van der Waals surface area contributed by atoms with Crippen molar-refractivity contribution in [3.05, 3.63) is 109 Å². The van der Waals surface area contributed by atoms with Gasteiger partial charge in [-0.15, -0.1) is 0 Å². The second-order valence-electron chi connectivity index (χ2n) is 8.54. The van der Waals surface area contributed by atoms with E-state index in [4.69, 9.17) is 14.2 Å². The molecule has 0 radical (unpaired) electrons. The van der Waals surface area contributed by atoms with E-state index in [1.807, 2.05) is 24.3 Å². The van der Waals surface area contributed by atoms with Crippen LogP contribution in [0.3, 0.4) is 0 Å². The molecule has 4 aromatic carbocycles. The fraction of sp³-hybridized carbons (Fsp3) is 0.138. The average molecular weight is 472 g/mol. The zero-order chi connectivity index (χ0) is 24.0. The average Bonchev–Trinajstić information content (AvgIpc) is 2.82. The molecule has 34 heavy (non-hydrogen) atoms. The van der Waals surface area contributed by atoms with Crippen molar-refractivity contribution in [2.75, 3.05) is 0 Å². The third-order valence-electron chi connectivity index (χ3n) is 4.67. The van der Waals surface area contributed by atoms with E-state index in [2.05, 4.69) is 60.7 Å². The van der Waals surface area contributed by atoms with Gasteiger partial charge in [0, 0.05) is 0 Å². The molecule has 0 heterocycles. The topological polar surface area (TPSA) is 44.8 Å². The Bertz CT molecular complexity index is 1160. The van der Waals surface area contributed by atoms with Gasteiger partial charge in [0.05, 0.1) is 10.9 Å². The van der Waals surface area contributed by atoms with E-state index in [0.717, 1.165) is 5.75 Å². The highest BCUT2D eigenvalue weighted by atomic mass is 32.2. The molecule has 5 heteroatoms. The van der Waals surface area contributed by atoms with Gasteiger partial charge in [-0.05, 0) is 93.6 Å². The summed E-state index contributed by atoms with van der Waals surface area (Å²) in [5, 5.41) is 0. The molecular formula is C29H27O4S+. The van der Waals surface area contributed by atoms with Gasteiger partial charge in [-0.25, -0.2) is 4.79 Å². The van der Waals surface area contributed by atoms with Crippen molar-refractivity contribution in [3.63, 3.8) is 0 Å². The molecular weight excluding hydrogens is 444 g/mol. The summed E-state index contributed by atoms with van der Waals surface area (Å²) in [7, 11) is -0.202. The molecule has 0 saturated heterocycles. The third kappa shape index (κ3) is 6.42. The first kappa shape index (κ1) is 23.5. The second-order valence-corrected chi connectivity index (χ2v) is 10.6. The van der Waals surface area contributed by atoms with Crippen LogP contribution in [-0.4, -0.2) is 11.8 Å². The van der Waals surface area contributed by atoms with Crippen molar-refractivity contribution in [3.8, 4) is 17.2 Å².